The Morgan fingerprint density at radius 2 is 0.943 bits per heavy atom. The lowest BCUT2D eigenvalue weighted by atomic mass is 9.99. The molecule has 4 aromatic rings. The number of amides is 2. The average Bonchev–Trinajstić information content (AvgIpc) is 3.39. The van der Waals surface area contributed by atoms with Gasteiger partial charge in [-0.15, -0.1) is 0 Å². The van der Waals surface area contributed by atoms with Gasteiger partial charge in [-0.3, -0.25) is 9.59 Å². The third kappa shape index (κ3) is 3.47. The summed E-state index contributed by atoms with van der Waals surface area (Å²) in [7, 11) is 1.73. The molecule has 4 nitrogen and oxygen atoms in total. The number of hydrogen-bond donors (Lipinski definition) is 1. The summed E-state index contributed by atoms with van der Waals surface area (Å²) in [5.74, 6) is -0.426. The van der Waals surface area contributed by atoms with Gasteiger partial charge in [0.2, 0.25) is 0 Å². The highest BCUT2D eigenvalue weighted by Gasteiger charge is 2.43. The molecule has 0 unspecified atom stereocenters. The van der Waals surface area contributed by atoms with Gasteiger partial charge in [0, 0.05) is 7.05 Å². The summed E-state index contributed by atoms with van der Waals surface area (Å²) in [5.41, 5.74) is 8.12. The summed E-state index contributed by atoms with van der Waals surface area (Å²) < 4.78 is 0. The van der Waals surface area contributed by atoms with Crippen molar-refractivity contribution in [1.82, 2.24) is 10.2 Å². The van der Waals surface area contributed by atoms with Crippen molar-refractivity contribution < 1.29 is 9.59 Å². The van der Waals surface area contributed by atoms with E-state index in [-0.39, 0.29) is 11.8 Å². The Hall–Kier alpha value is -4.70. The number of benzene rings is 4. The van der Waals surface area contributed by atoms with Gasteiger partial charge in [0.15, 0.2) is 0 Å². The van der Waals surface area contributed by atoms with E-state index in [9.17, 15) is 9.59 Å². The molecule has 0 aromatic heterocycles. The number of carbonyl (C=O) groups is 2. The maximum atomic E-state index is 13.3. The second kappa shape index (κ2) is 8.26. The second-order valence-electron chi connectivity index (χ2n) is 8.68. The predicted octanol–water partition coefficient (Wildman–Crippen LogP) is 5.74. The molecule has 0 aliphatic carbocycles. The molecule has 2 heterocycles. The molecule has 4 heteroatoms. The van der Waals surface area contributed by atoms with Gasteiger partial charge in [-0.1, -0.05) is 109 Å². The molecule has 0 radical (unpaired) electrons. The molecule has 0 saturated carbocycles. The van der Waals surface area contributed by atoms with Crippen molar-refractivity contribution in [3.63, 3.8) is 0 Å². The van der Waals surface area contributed by atoms with E-state index in [1.807, 2.05) is 84.9 Å². The standard InChI is InChI=1S/C31H22N2O2/c1-33-29(25-18-14-23(15-19-25)21-10-6-3-7-11-21)27-26(31(33)35)28(32-30(27)34)24-16-12-22(13-17-24)20-8-4-2-5-9-20/h2-19H,1H3,(H,32,34). The van der Waals surface area contributed by atoms with E-state index in [1.54, 1.807) is 11.9 Å². The fourth-order valence-electron chi connectivity index (χ4n) is 4.82. The van der Waals surface area contributed by atoms with Crippen LogP contribution in [0.5, 0.6) is 0 Å². The number of carbonyl (C=O) groups excluding carboxylic acids is 2. The fraction of sp³-hybridized carbons (Fsp3) is 0.0323. The van der Waals surface area contributed by atoms with Gasteiger partial charge in [-0.25, -0.2) is 0 Å². The summed E-state index contributed by atoms with van der Waals surface area (Å²) in [5, 5.41) is 2.95. The highest BCUT2D eigenvalue weighted by molar-refractivity contribution is 6.30. The van der Waals surface area contributed by atoms with Gasteiger partial charge >= 0.3 is 0 Å². The highest BCUT2D eigenvalue weighted by atomic mass is 16.2. The molecule has 168 valence electrons. The van der Waals surface area contributed by atoms with Gasteiger partial charge in [0.1, 0.15) is 0 Å². The summed E-state index contributed by atoms with van der Waals surface area (Å²) >= 11 is 0. The topological polar surface area (TPSA) is 49.4 Å². The number of hydrogen-bond acceptors (Lipinski definition) is 2. The Balaban J connectivity index is 1.40. The molecule has 0 saturated heterocycles. The lowest BCUT2D eigenvalue weighted by Gasteiger charge is -2.16. The van der Waals surface area contributed by atoms with Crippen molar-refractivity contribution in [2.45, 2.75) is 0 Å². The van der Waals surface area contributed by atoms with Crippen LogP contribution in [-0.2, 0) is 9.59 Å². The monoisotopic (exact) mass is 454 g/mol. The SMILES string of the molecule is CN1C(=O)C2=C(c3ccc(-c4ccccc4)cc3)NC(=O)C2=C1c1ccc(-c2ccccc2)cc1. The van der Waals surface area contributed by atoms with Crippen molar-refractivity contribution in [1.29, 1.82) is 0 Å². The minimum atomic E-state index is -0.248. The zero-order chi connectivity index (χ0) is 23.9. The van der Waals surface area contributed by atoms with Crippen molar-refractivity contribution >= 4 is 23.2 Å². The van der Waals surface area contributed by atoms with Crippen LogP contribution in [0.2, 0.25) is 0 Å². The van der Waals surface area contributed by atoms with Gasteiger partial charge in [0.25, 0.3) is 11.8 Å². The van der Waals surface area contributed by atoms with E-state index in [4.69, 9.17) is 0 Å². The Labute approximate surface area is 203 Å². The Bertz CT molecular complexity index is 1510. The molecule has 6 rings (SSSR count). The summed E-state index contributed by atoms with van der Waals surface area (Å²) in [6.07, 6.45) is 0. The first-order chi connectivity index (χ1) is 17.1. The number of rotatable bonds is 4. The van der Waals surface area contributed by atoms with Crippen LogP contribution in [0, 0.1) is 0 Å². The Morgan fingerprint density at radius 3 is 1.46 bits per heavy atom. The predicted molar refractivity (Wildman–Crippen MR) is 139 cm³/mol. The first-order valence-corrected chi connectivity index (χ1v) is 11.5. The molecule has 2 aliphatic rings. The molecule has 2 aliphatic heterocycles. The molecular formula is C31H22N2O2. The van der Waals surface area contributed by atoms with Crippen LogP contribution in [0.25, 0.3) is 33.6 Å². The van der Waals surface area contributed by atoms with Crippen LogP contribution >= 0.6 is 0 Å². The minimum absolute atomic E-state index is 0.178. The smallest absolute Gasteiger partial charge is 0.261 e. The van der Waals surface area contributed by atoms with Crippen molar-refractivity contribution in [2.24, 2.45) is 0 Å². The third-order valence-electron chi connectivity index (χ3n) is 6.60. The van der Waals surface area contributed by atoms with E-state index in [0.29, 0.717) is 22.5 Å². The second-order valence-corrected chi connectivity index (χ2v) is 8.68. The Kier molecular flexibility index (Phi) is 4.93. The average molecular weight is 455 g/mol. The molecule has 0 spiro atoms. The molecule has 0 bridgehead atoms. The molecule has 35 heavy (non-hydrogen) atoms. The maximum absolute atomic E-state index is 13.3. The van der Waals surface area contributed by atoms with Crippen molar-refractivity contribution in [3.05, 3.63) is 131 Å². The van der Waals surface area contributed by atoms with E-state index in [1.165, 1.54) is 0 Å². The van der Waals surface area contributed by atoms with E-state index < -0.39 is 0 Å². The Morgan fingerprint density at radius 1 is 0.514 bits per heavy atom. The number of nitrogens with zero attached hydrogens (tertiary/aromatic N) is 1. The van der Waals surface area contributed by atoms with Crippen LogP contribution in [-0.4, -0.2) is 23.8 Å². The molecule has 0 fully saturated rings. The van der Waals surface area contributed by atoms with E-state index in [2.05, 4.69) is 29.6 Å². The quantitative estimate of drug-likeness (QED) is 0.427. The van der Waals surface area contributed by atoms with Crippen molar-refractivity contribution in [3.8, 4) is 22.3 Å². The van der Waals surface area contributed by atoms with Crippen LogP contribution in [0.3, 0.4) is 0 Å². The third-order valence-corrected chi connectivity index (χ3v) is 6.60. The summed E-state index contributed by atoms with van der Waals surface area (Å²) in [4.78, 5) is 28.0. The molecule has 2 amide bonds. The summed E-state index contributed by atoms with van der Waals surface area (Å²) in [6.45, 7) is 0. The lowest BCUT2D eigenvalue weighted by molar-refractivity contribution is -0.122. The number of likely N-dealkylation sites (N-methyl/N-ethyl adjacent to an activating group) is 1. The number of fused-ring (bicyclic) bond motifs is 1. The minimum Gasteiger partial charge on any atom is -0.321 e. The highest BCUT2D eigenvalue weighted by Crippen LogP contribution is 2.42. The molecule has 1 N–H and O–H groups in total. The van der Waals surface area contributed by atoms with Gasteiger partial charge in [-0.05, 0) is 33.4 Å². The zero-order valence-electron chi connectivity index (χ0n) is 19.2. The molecular weight excluding hydrogens is 432 g/mol. The normalized spacial score (nSPS) is 15.1. The van der Waals surface area contributed by atoms with Crippen molar-refractivity contribution in [2.75, 3.05) is 7.05 Å². The number of nitrogens with one attached hydrogen (secondary N) is 1. The largest absolute Gasteiger partial charge is 0.321 e. The maximum Gasteiger partial charge on any atom is 0.261 e. The van der Waals surface area contributed by atoms with E-state index >= 15 is 0 Å². The van der Waals surface area contributed by atoms with Gasteiger partial charge in [-0.2, -0.15) is 0 Å². The lowest BCUT2D eigenvalue weighted by Crippen LogP contribution is -2.23. The first kappa shape index (κ1) is 20.9. The molecule has 4 aromatic carbocycles. The van der Waals surface area contributed by atoms with Crippen LogP contribution in [0.15, 0.2) is 120 Å². The van der Waals surface area contributed by atoms with Crippen LogP contribution in [0.1, 0.15) is 11.1 Å². The van der Waals surface area contributed by atoms with E-state index in [0.717, 1.165) is 33.4 Å². The van der Waals surface area contributed by atoms with Gasteiger partial charge in [0.05, 0.1) is 22.5 Å². The first-order valence-electron chi connectivity index (χ1n) is 11.5. The fourth-order valence-corrected chi connectivity index (χ4v) is 4.82. The van der Waals surface area contributed by atoms with Crippen LogP contribution in [0.4, 0.5) is 0 Å². The molecule has 0 atom stereocenters. The van der Waals surface area contributed by atoms with Crippen LogP contribution < -0.4 is 5.32 Å². The zero-order valence-corrected chi connectivity index (χ0v) is 19.2. The van der Waals surface area contributed by atoms with Gasteiger partial charge < -0.3 is 10.2 Å². The summed E-state index contributed by atoms with van der Waals surface area (Å²) in [6, 6.07) is 36.1.